The number of hydrogen-bond donors (Lipinski definition) is 1. The van der Waals surface area contributed by atoms with Crippen molar-refractivity contribution < 1.29 is 9.53 Å². The number of nitrogens with zero attached hydrogens (tertiary/aromatic N) is 1. The van der Waals surface area contributed by atoms with E-state index in [1.54, 1.807) is 0 Å². The van der Waals surface area contributed by atoms with Crippen LogP contribution in [0, 0.1) is 5.92 Å². The zero-order valence-corrected chi connectivity index (χ0v) is 13.7. The van der Waals surface area contributed by atoms with Gasteiger partial charge in [0.15, 0.2) is 0 Å². The molecule has 1 aliphatic heterocycles. The fourth-order valence-corrected chi connectivity index (χ4v) is 3.51. The summed E-state index contributed by atoms with van der Waals surface area (Å²) in [6.45, 7) is 1.83. The smallest absolute Gasteiger partial charge is 0.252 e. The quantitative estimate of drug-likeness (QED) is 0.936. The summed E-state index contributed by atoms with van der Waals surface area (Å²) < 4.78 is 5.56. The fourth-order valence-electron chi connectivity index (χ4n) is 3.51. The maximum atomic E-state index is 12.8. The number of hydrogen-bond acceptors (Lipinski definition) is 3. The first-order chi connectivity index (χ1) is 11.7. The minimum atomic E-state index is -0.172. The number of H-pyrrole nitrogens is 1. The summed E-state index contributed by atoms with van der Waals surface area (Å²) in [5, 5.41) is 0.955. The molecule has 0 radical (unpaired) electrons. The van der Waals surface area contributed by atoms with E-state index in [1.807, 2.05) is 35.2 Å². The Bertz CT molecular complexity index is 810. The van der Waals surface area contributed by atoms with Gasteiger partial charge in [0.25, 0.3) is 5.56 Å². The van der Waals surface area contributed by atoms with Gasteiger partial charge >= 0.3 is 0 Å². The molecular weight excluding hydrogens is 304 g/mol. The molecular formula is C19H22N2O3. The molecule has 1 N–H and O–H groups in total. The molecule has 1 aromatic carbocycles. The SMILES string of the molecule is O=C(Cc1cc2ccccc2[nH]c1=O)N1CCOCC1CC1CC1. The number of aromatic amines is 1. The number of morpholine rings is 1. The highest BCUT2D eigenvalue weighted by molar-refractivity contribution is 5.82. The standard InChI is InChI=1S/C19H22N2O3/c22-18(21-7-8-24-12-16(21)9-13-5-6-13)11-15-10-14-3-1-2-4-17(14)20-19(15)23/h1-4,10,13,16H,5-9,11-12H2,(H,20,23). The maximum Gasteiger partial charge on any atom is 0.252 e. The van der Waals surface area contributed by atoms with Crippen LogP contribution in [0.2, 0.25) is 0 Å². The van der Waals surface area contributed by atoms with Crippen molar-refractivity contribution in [2.24, 2.45) is 5.92 Å². The first-order valence-corrected chi connectivity index (χ1v) is 8.69. The molecule has 1 saturated carbocycles. The molecule has 0 spiro atoms. The molecule has 24 heavy (non-hydrogen) atoms. The highest BCUT2D eigenvalue weighted by Crippen LogP contribution is 2.35. The van der Waals surface area contributed by atoms with E-state index >= 15 is 0 Å². The molecule has 126 valence electrons. The van der Waals surface area contributed by atoms with Gasteiger partial charge in [-0.25, -0.2) is 0 Å². The molecule has 1 aliphatic carbocycles. The summed E-state index contributed by atoms with van der Waals surface area (Å²) in [4.78, 5) is 29.9. The molecule has 2 aromatic rings. The number of aromatic nitrogens is 1. The number of nitrogens with one attached hydrogen (secondary N) is 1. The second kappa shape index (κ2) is 6.40. The van der Waals surface area contributed by atoms with Gasteiger partial charge in [0.1, 0.15) is 0 Å². The van der Waals surface area contributed by atoms with Gasteiger partial charge in [-0.05, 0) is 29.9 Å². The molecule has 2 aliphatic rings. The summed E-state index contributed by atoms with van der Waals surface area (Å²) in [5.74, 6) is 0.779. The van der Waals surface area contributed by atoms with Crippen molar-refractivity contribution in [1.82, 2.24) is 9.88 Å². The lowest BCUT2D eigenvalue weighted by atomic mass is 10.1. The van der Waals surface area contributed by atoms with Gasteiger partial charge in [-0.1, -0.05) is 31.0 Å². The van der Waals surface area contributed by atoms with Gasteiger partial charge in [0.2, 0.25) is 5.91 Å². The third-order valence-corrected chi connectivity index (χ3v) is 5.02. The molecule has 1 amide bonds. The van der Waals surface area contributed by atoms with E-state index in [-0.39, 0.29) is 23.9 Å². The van der Waals surface area contributed by atoms with Crippen molar-refractivity contribution in [3.05, 3.63) is 46.2 Å². The van der Waals surface area contributed by atoms with E-state index < -0.39 is 0 Å². The van der Waals surface area contributed by atoms with Crippen LogP contribution in [0.4, 0.5) is 0 Å². The number of para-hydroxylation sites is 1. The number of ether oxygens (including phenoxy) is 1. The molecule has 1 unspecified atom stereocenters. The number of rotatable bonds is 4. The van der Waals surface area contributed by atoms with Gasteiger partial charge in [-0.2, -0.15) is 0 Å². The normalized spacial score (nSPS) is 21.2. The molecule has 5 heteroatoms. The van der Waals surface area contributed by atoms with Crippen LogP contribution in [-0.4, -0.2) is 41.6 Å². The molecule has 4 rings (SSSR count). The van der Waals surface area contributed by atoms with Gasteiger partial charge < -0.3 is 14.6 Å². The van der Waals surface area contributed by atoms with Crippen LogP contribution in [-0.2, 0) is 16.0 Å². The Morgan fingerprint density at radius 1 is 1.29 bits per heavy atom. The predicted molar refractivity (Wildman–Crippen MR) is 91.9 cm³/mol. The average Bonchev–Trinajstić information content (AvgIpc) is 3.40. The van der Waals surface area contributed by atoms with E-state index in [0.717, 1.165) is 23.2 Å². The lowest BCUT2D eigenvalue weighted by Crippen LogP contribution is -2.49. The molecule has 0 bridgehead atoms. The van der Waals surface area contributed by atoms with Crippen molar-refractivity contribution in [3.8, 4) is 0 Å². The Hall–Kier alpha value is -2.14. The number of carbonyl (C=O) groups excluding carboxylic acids is 1. The Kier molecular flexibility index (Phi) is 4.10. The number of amides is 1. The highest BCUT2D eigenvalue weighted by atomic mass is 16.5. The zero-order chi connectivity index (χ0) is 16.5. The first-order valence-electron chi connectivity index (χ1n) is 8.69. The van der Waals surface area contributed by atoms with Crippen LogP contribution in [0.25, 0.3) is 10.9 Å². The van der Waals surface area contributed by atoms with Crippen molar-refractivity contribution >= 4 is 16.8 Å². The highest BCUT2D eigenvalue weighted by Gasteiger charge is 2.33. The second-order valence-electron chi connectivity index (χ2n) is 6.88. The van der Waals surface area contributed by atoms with Crippen molar-refractivity contribution in [1.29, 1.82) is 0 Å². The van der Waals surface area contributed by atoms with Gasteiger partial charge in [-0.15, -0.1) is 0 Å². The topological polar surface area (TPSA) is 62.4 Å². The van der Waals surface area contributed by atoms with Crippen LogP contribution >= 0.6 is 0 Å². The van der Waals surface area contributed by atoms with E-state index in [0.29, 0.717) is 25.3 Å². The number of carbonyl (C=O) groups is 1. The number of pyridine rings is 1. The lowest BCUT2D eigenvalue weighted by Gasteiger charge is -2.36. The Morgan fingerprint density at radius 2 is 2.12 bits per heavy atom. The van der Waals surface area contributed by atoms with Crippen LogP contribution in [0.3, 0.4) is 0 Å². The van der Waals surface area contributed by atoms with Crippen molar-refractivity contribution in [2.45, 2.75) is 31.7 Å². The molecule has 2 fully saturated rings. The van der Waals surface area contributed by atoms with Crippen LogP contribution in [0.1, 0.15) is 24.8 Å². The van der Waals surface area contributed by atoms with E-state index in [1.165, 1.54) is 12.8 Å². The minimum absolute atomic E-state index is 0.0322. The van der Waals surface area contributed by atoms with Crippen LogP contribution in [0.15, 0.2) is 35.1 Å². The number of benzene rings is 1. The monoisotopic (exact) mass is 326 g/mol. The van der Waals surface area contributed by atoms with Gasteiger partial charge in [0, 0.05) is 17.6 Å². The lowest BCUT2D eigenvalue weighted by molar-refractivity contribution is -0.139. The average molecular weight is 326 g/mol. The third-order valence-electron chi connectivity index (χ3n) is 5.02. The Morgan fingerprint density at radius 3 is 2.96 bits per heavy atom. The Balaban J connectivity index is 1.54. The summed E-state index contributed by atoms with van der Waals surface area (Å²) in [6, 6.07) is 9.64. The predicted octanol–water partition coefficient (Wildman–Crippen LogP) is 2.10. The van der Waals surface area contributed by atoms with Gasteiger partial charge in [-0.3, -0.25) is 9.59 Å². The summed E-state index contributed by atoms with van der Waals surface area (Å²) in [6.07, 6.45) is 3.72. The summed E-state index contributed by atoms with van der Waals surface area (Å²) in [7, 11) is 0. The van der Waals surface area contributed by atoms with Crippen LogP contribution in [0.5, 0.6) is 0 Å². The molecule has 1 saturated heterocycles. The second-order valence-corrected chi connectivity index (χ2v) is 6.88. The summed E-state index contributed by atoms with van der Waals surface area (Å²) >= 11 is 0. The van der Waals surface area contributed by atoms with Crippen molar-refractivity contribution in [3.63, 3.8) is 0 Å². The van der Waals surface area contributed by atoms with E-state index in [9.17, 15) is 9.59 Å². The third kappa shape index (κ3) is 3.22. The maximum absolute atomic E-state index is 12.8. The molecule has 1 aromatic heterocycles. The van der Waals surface area contributed by atoms with E-state index in [2.05, 4.69) is 4.98 Å². The molecule has 1 atom stereocenters. The molecule has 2 heterocycles. The van der Waals surface area contributed by atoms with Crippen molar-refractivity contribution in [2.75, 3.05) is 19.8 Å². The van der Waals surface area contributed by atoms with Gasteiger partial charge in [0.05, 0.1) is 25.7 Å². The largest absolute Gasteiger partial charge is 0.377 e. The zero-order valence-electron chi connectivity index (χ0n) is 13.7. The summed E-state index contributed by atoms with van der Waals surface area (Å²) in [5.41, 5.74) is 1.17. The molecule has 5 nitrogen and oxygen atoms in total. The van der Waals surface area contributed by atoms with E-state index in [4.69, 9.17) is 4.74 Å². The van der Waals surface area contributed by atoms with Crippen LogP contribution < -0.4 is 5.56 Å². The number of fused-ring (bicyclic) bond motifs is 1. The minimum Gasteiger partial charge on any atom is -0.377 e. The fraction of sp³-hybridized carbons (Fsp3) is 0.474. The Labute approximate surface area is 140 Å². The first kappa shape index (κ1) is 15.4.